The monoisotopic (exact) mass is 478 g/mol. The summed E-state index contributed by atoms with van der Waals surface area (Å²) in [5, 5.41) is 0. The fourth-order valence-electron chi connectivity index (χ4n) is 4.69. The van der Waals surface area contributed by atoms with Gasteiger partial charge in [0.25, 0.3) is 0 Å². The Bertz CT molecular complexity index is 429. The van der Waals surface area contributed by atoms with E-state index in [4.69, 9.17) is 4.74 Å². The van der Waals surface area contributed by atoms with Gasteiger partial charge in [0.2, 0.25) is 0 Å². The molecule has 34 heavy (non-hydrogen) atoms. The molecule has 0 fully saturated rings. The molecule has 0 bridgehead atoms. The van der Waals surface area contributed by atoms with E-state index in [0.717, 1.165) is 25.2 Å². The molecule has 0 saturated carbocycles. The molecule has 0 N–H and O–H groups in total. The number of rotatable bonds is 27. The number of allylic oxidation sites excluding steroid dienone is 2. The van der Waals surface area contributed by atoms with Crippen LogP contribution in [-0.4, -0.2) is 12.6 Å². The molecule has 0 rings (SSSR count). The fourth-order valence-corrected chi connectivity index (χ4v) is 4.69. The van der Waals surface area contributed by atoms with E-state index < -0.39 is 0 Å². The van der Waals surface area contributed by atoms with Crippen molar-refractivity contribution in [2.75, 3.05) is 6.61 Å². The van der Waals surface area contributed by atoms with Gasteiger partial charge in [0.1, 0.15) is 0 Å². The van der Waals surface area contributed by atoms with Gasteiger partial charge in [-0.3, -0.25) is 4.79 Å². The van der Waals surface area contributed by atoms with Crippen LogP contribution in [0.1, 0.15) is 175 Å². The maximum atomic E-state index is 11.9. The summed E-state index contributed by atoms with van der Waals surface area (Å²) < 4.78 is 5.41. The Morgan fingerprint density at radius 1 is 0.588 bits per heavy atom. The van der Waals surface area contributed by atoms with Gasteiger partial charge in [-0.2, -0.15) is 0 Å². The number of unbranched alkanes of at least 4 members (excludes halogenated alkanes) is 17. The van der Waals surface area contributed by atoms with Crippen molar-refractivity contribution >= 4 is 5.97 Å². The average molecular weight is 479 g/mol. The van der Waals surface area contributed by atoms with Gasteiger partial charge in [0.15, 0.2) is 0 Å². The molecule has 0 aromatic rings. The van der Waals surface area contributed by atoms with Crippen LogP contribution in [0, 0.1) is 5.92 Å². The van der Waals surface area contributed by atoms with Crippen molar-refractivity contribution in [3.63, 3.8) is 0 Å². The molecule has 0 saturated heterocycles. The molecule has 2 heteroatoms. The average Bonchev–Trinajstić information content (AvgIpc) is 2.83. The highest BCUT2D eigenvalue weighted by atomic mass is 16.5. The SMILES string of the molecule is CCCCCCCCCCCCCCCOC(=O)CCCCCCC/C=C\CCC(C)CCC. The van der Waals surface area contributed by atoms with E-state index in [2.05, 4.69) is 32.9 Å². The second-order valence-corrected chi connectivity index (χ2v) is 10.7. The van der Waals surface area contributed by atoms with Crippen LogP contribution in [-0.2, 0) is 9.53 Å². The summed E-state index contributed by atoms with van der Waals surface area (Å²) in [6.45, 7) is 7.55. The van der Waals surface area contributed by atoms with Crippen molar-refractivity contribution in [1.29, 1.82) is 0 Å². The Labute approximate surface area is 215 Å². The first-order valence-corrected chi connectivity index (χ1v) is 15.5. The zero-order valence-electron chi connectivity index (χ0n) is 23.7. The molecule has 1 unspecified atom stereocenters. The quantitative estimate of drug-likeness (QED) is 0.0666. The molecule has 202 valence electrons. The third kappa shape index (κ3) is 27.5. The van der Waals surface area contributed by atoms with Gasteiger partial charge in [-0.25, -0.2) is 0 Å². The van der Waals surface area contributed by atoms with Crippen LogP contribution in [0.4, 0.5) is 0 Å². The van der Waals surface area contributed by atoms with Gasteiger partial charge < -0.3 is 4.74 Å². The van der Waals surface area contributed by atoms with E-state index in [1.165, 1.54) is 128 Å². The number of ether oxygens (including phenoxy) is 1. The molecule has 0 aliphatic heterocycles. The lowest BCUT2D eigenvalue weighted by atomic mass is 10.00. The molecule has 0 aliphatic carbocycles. The van der Waals surface area contributed by atoms with E-state index in [9.17, 15) is 4.79 Å². The normalized spacial score (nSPS) is 12.4. The van der Waals surface area contributed by atoms with E-state index in [0.29, 0.717) is 13.0 Å². The zero-order valence-corrected chi connectivity index (χ0v) is 23.7. The maximum Gasteiger partial charge on any atom is 0.305 e. The molecule has 0 radical (unpaired) electrons. The van der Waals surface area contributed by atoms with E-state index in [1.807, 2.05) is 0 Å². The van der Waals surface area contributed by atoms with Crippen molar-refractivity contribution in [2.24, 2.45) is 5.92 Å². The van der Waals surface area contributed by atoms with E-state index in [-0.39, 0.29) is 5.97 Å². The van der Waals surface area contributed by atoms with Crippen molar-refractivity contribution in [3.8, 4) is 0 Å². The molecule has 0 aromatic carbocycles. The third-order valence-corrected chi connectivity index (χ3v) is 7.04. The zero-order chi connectivity index (χ0) is 25.0. The molecule has 0 spiro atoms. The van der Waals surface area contributed by atoms with E-state index >= 15 is 0 Å². The third-order valence-electron chi connectivity index (χ3n) is 7.04. The summed E-state index contributed by atoms with van der Waals surface area (Å²) in [7, 11) is 0. The first kappa shape index (κ1) is 33.2. The first-order chi connectivity index (χ1) is 16.7. The standard InChI is InChI=1S/C32H62O2/c1-4-6-7-8-9-10-11-12-13-17-20-23-26-30-34-32(33)29-25-22-19-16-14-15-18-21-24-28-31(3)27-5-2/h18,21,31H,4-17,19-20,22-30H2,1-3H3/b21-18-. The summed E-state index contributed by atoms with van der Waals surface area (Å²) >= 11 is 0. The Hall–Kier alpha value is -0.790. The molecule has 0 aliphatic rings. The van der Waals surface area contributed by atoms with Crippen LogP contribution in [0.2, 0.25) is 0 Å². The van der Waals surface area contributed by atoms with Gasteiger partial charge in [0, 0.05) is 6.42 Å². The minimum Gasteiger partial charge on any atom is -0.466 e. The lowest BCUT2D eigenvalue weighted by molar-refractivity contribution is -0.143. The first-order valence-electron chi connectivity index (χ1n) is 15.5. The van der Waals surface area contributed by atoms with Crippen molar-refractivity contribution in [1.82, 2.24) is 0 Å². The smallest absolute Gasteiger partial charge is 0.305 e. The van der Waals surface area contributed by atoms with Crippen LogP contribution in [0.15, 0.2) is 12.2 Å². The van der Waals surface area contributed by atoms with Gasteiger partial charge >= 0.3 is 5.97 Å². The van der Waals surface area contributed by atoms with Crippen LogP contribution in [0.3, 0.4) is 0 Å². The summed E-state index contributed by atoms with van der Waals surface area (Å²) in [4.78, 5) is 11.9. The minimum absolute atomic E-state index is 0.0131. The second-order valence-electron chi connectivity index (χ2n) is 10.7. The van der Waals surface area contributed by atoms with Crippen LogP contribution < -0.4 is 0 Å². The lowest BCUT2D eigenvalue weighted by Gasteiger charge is -2.06. The van der Waals surface area contributed by atoms with Crippen molar-refractivity contribution < 1.29 is 9.53 Å². The Morgan fingerprint density at radius 3 is 1.68 bits per heavy atom. The van der Waals surface area contributed by atoms with Crippen LogP contribution in [0.25, 0.3) is 0 Å². The summed E-state index contributed by atoms with van der Waals surface area (Å²) in [6, 6.07) is 0. The van der Waals surface area contributed by atoms with Gasteiger partial charge in [-0.15, -0.1) is 0 Å². The predicted molar refractivity (Wildman–Crippen MR) is 151 cm³/mol. The largest absolute Gasteiger partial charge is 0.466 e. The van der Waals surface area contributed by atoms with Crippen LogP contribution >= 0.6 is 0 Å². The molecular weight excluding hydrogens is 416 g/mol. The highest BCUT2D eigenvalue weighted by Crippen LogP contribution is 2.14. The molecule has 0 amide bonds. The molecule has 1 atom stereocenters. The summed E-state index contributed by atoms with van der Waals surface area (Å²) in [5.74, 6) is 0.884. The molecule has 0 heterocycles. The molecular formula is C32H62O2. The van der Waals surface area contributed by atoms with Crippen molar-refractivity contribution in [2.45, 2.75) is 175 Å². The van der Waals surface area contributed by atoms with Crippen LogP contribution in [0.5, 0.6) is 0 Å². The number of carbonyl (C=O) groups excluding carboxylic acids is 1. The Balaban J connectivity index is 3.23. The van der Waals surface area contributed by atoms with Crippen molar-refractivity contribution in [3.05, 3.63) is 12.2 Å². The topological polar surface area (TPSA) is 26.3 Å². The highest BCUT2D eigenvalue weighted by molar-refractivity contribution is 5.69. The Morgan fingerprint density at radius 2 is 1.09 bits per heavy atom. The number of carbonyl (C=O) groups is 1. The number of esters is 1. The predicted octanol–water partition coefficient (Wildman–Crippen LogP) is 11.1. The number of hydrogen-bond donors (Lipinski definition) is 0. The summed E-state index contributed by atoms with van der Waals surface area (Å²) in [6.07, 6.45) is 35.3. The lowest BCUT2D eigenvalue weighted by Crippen LogP contribution is -2.05. The molecule has 2 nitrogen and oxygen atoms in total. The van der Waals surface area contributed by atoms with Gasteiger partial charge in [-0.05, 0) is 44.4 Å². The maximum absolute atomic E-state index is 11.9. The highest BCUT2D eigenvalue weighted by Gasteiger charge is 2.02. The second kappa shape index (κ2) is 28.4. The number of hydrogen-bond acceptors (Lipinski definition) is 2. The van der Waals surface area contributed by atoms with Gasteiger partial charge in [-0.1, -0.05) is 142 Å². The summed E-state index contributed by atoms with van der Waals surface area (Å²) in [5.41, 5.74) is 0. The van der Waals surface area contributed by atoms with Gasteiger partial charge in [0.05, 0.1) is 6.61 Å². The van der Waals surface area contributed by atoms with E-state index in [1.54, 1.807) is 0 Å². The Kier molecular flexibility index (Phi) is 27.8. The minimum atomic E-state index is 0.0131. The molecule has 0 aromatic heterocycles. The fraction of sp³-hybridized carbons (Fsp3) is 0.906.